The van der Waals surface area contributed by atoms with Crippen LogP contribution >= 0.6 is 0 Å². The molecule has 0 saturated carbocycles. The number of halogens is 1. The topological polar surface area (TPSA) is 64.9 Å². The highest BCUT2D eigenvalue weighted by molar-refractivity contribution is 5.92. The van der Waals surface area contributed by atoms with Crippen LogP contribution in [-0.2, 0) is 0 Å². The van der Waals surface area contributed by atoms with Gasteiger partial charge in [-0.2, -0.15) is 0 Å². The fourth-order valence-electron chi connectivity index (χ4n) is 2.12. The summed E-state index contributed by atoms with van der Waals surface area (Å²) in [5.74, 6) is -0.364. The fourth-order valence-corrected chi connectivity index (χ4v) is 2.12. The van der Waals surface area contributed by atoms with Crippen LogP contribution in [0.1, 0.15) is 13.3 Å². The molecule has 1 heterocycles. The number of carbonyl (C=O) groups excluding carboxylic acids is 1. The molecule has 1 saturated heterocycles. The van der Waals surface area contributed by atoms with Gasteiger partial charge >= 0.3 is 6.03 Å². The number of amides is 2. The first-order valence-electron chi connectivity index (χ1n) is 6.12. The minimum absolute atomic E-state index is 0.0250. The Bertz CT molecular complexity index is 504. The minimum Gasteiger partial charge on any atom is -0.411 e. The van der Waals surface area contributed by atoms with E-state index in [0.717, 1.165) is 0 Å². The summed E-state index contributed by atoms with van der Waals surface area (Å²) in [4.78, 5) is 13.6. The molecule has 1 unspecified atom stereocenters. The summed E-state index contributed by atoms with van der Waals surface area (Å²) in [6, 6.07) is 5.50. The molecule has 1 aromatic rings. The number of likely N-dealkylation sites (tertiary alicyclic amines) is 1. The summed E-state index contributed by atoms with van der Waals surface area (Å²) < 4.78 is 13.0. The first-order valence-corrected chi connectivity index (χ1v) is 6.12. The molecule has 0 spiro atoms. The van der Waals surface area contributed by atoms with Gasteiger partial charge < -0.3 is 15.4 Å². The number of hydrogen-bond donors (Lipinski definition) is 2. The molecule has 1 atom stereocenters. The van der Waals surface area contributed by atoms with Gasteiger partial charge in [-0.05, 0) is 18.2 Å². The molecule has 0 bridgehead atoms. The van der Waals surface area contributed by atoms with Crippen LogP contribution in [0.25, 0.3) is 0 Å². The van der Waals surface area contributed by atoms with Crippen LogP contribution in [0.4, 0.5) is 14.9 Å². The van der Waals surface area contributed by atoms with Gasteiger partial charge in [0.1, 0.15) is 5.82 Å². The van der Waals surface area contributed by atoms with Gasteiger partial charge in [0, 0.05) is 31.1 Å². The Morgan fingerprint density at radius 3 is 3.00 bits per heavy atom. The van der Waals surface area contributed by atoms with E-state index in [1.807, 2.05) is 6.92 Å². The van der Waals surface area contributed by atoms with Crippen molar-refractivity contribution in [3.05, 3.63) is 30.1 Å². The molecule has 1 aromatic carbocycles. The third-order valence-electron chi connectivity index (χ3n) is 3.19. The highest BCUT2D eigenvalue weighted by atomic mass is 19.1. The third-order valence-corrected chi connectivity index (χ3v) is 3.19. The van der Waals surface area contributed by atoms with Crippen molar-refractivity contribution in [3.63, 3.8) is 0 Å². The standard InChI is InChI=1S/C13H16FN3O2/c1-9-8-17(6-5-12(9)16-19)13(18)15-11-4-2-3-10(14)7-11/h2-4,7,9,19H,5-6,8H2,1H3,(H,15,18)/b16-12+. The zero-order chi connectivity index (χ0) is 13.8. The van der Waals surface area contributed by atoms with E-state index >= 15 is 0 Å². The Morgan fingerprint density at radius 2 is 2.37 bits per heavy atom. The van der Waals surface area contributed by atoms with Crippen molar-refractivity contribution >= 4 is 17.4 Å². The highest BCUT2D eigenvalue weighted by Crippen LogP contribution is 2.16. The molecule has 2 amide bonds. The number of benzene rings is 1. The zero-order valence-electron chi connectivity index (χ0n) is 10.6. The second kappa shape index (κ2) is 5.69. The van der Waals surface area contributed by atoms with Crippen molar-refractivity contribution in [2.24, 2.45) is 11.1 Å². The smallest absolute Gasteiger partial charge is 0.321 e. The Balaban J connectivity index is 1.98. The van der Waals surface area contributed by atoms with E-state index in [1.165, 1.54) is 12.1 Å². The van der Waals surface area contributed by atoms with Crippen molar-refractivity contribution in [1.29, 1.82) is 0 Å². The minimum atomic E-state index is -0.389. The van der Waals surface area contributed by atoms with Crippen molar-refractivity contribution in [3.8, 4) is 0 Å². The third kappa shape index (κ3) is 3.21. The SMILES string of the molecule is CC1CN(C(=O)Nc2cccc(F)c2)CC/C1=N\O. The second-order valence-electron chi connectivity index (χ2n) is 4.63. The van der Waals surface area contributed by atoms with Gasteiger partial charge in [-0.3, -0.25) is 0 Å². The van der Waals surface area contributed by atoms with E-state index in [1.54, 1.807) is 17.0 Å². The monoisotopic (exact) mass is 265 g/mol. The quantitative estimate of drug-likeness (QED) is 0.605. The summed E-state index contributed by atoms with van der Waals surface area (Å²) in [6.07, 6.45) is 0.550. The molecule has 2 rings (SSSR count). The number of rotatable bonds is 1. The van der Waals surface area contributed by atoms with Gasteiger partial charge in [-0.15, -0.1) is 0 Å². The van der Waals surface area contributed by atoms with E-state index in [4.69, 9.17) is 5.21 Å². The molecule has 1 fully saturated rings. The summed E-state index contributed by atoms with van der Waals surface area (Å²) in [7, 11) is 0. The number of piperidine rings is 1. The maximum Gasteiger partial charge on any atom is 0.321 e. The second-order valence-corrected chi connectivity index (χ2v) is 4.63. The number of hydrogen-bond acceptors (Lipinski definition) is 3. The van der Waals surface area contributed by atoms with E-state index in [0.29, 0.717) is 30.9 Å². The van der Waals surface area contributed by atoms with Gasteiger partial charge in [0.05, 0.1) is 5.71 Å². The average molecular weight is 265 g/mol. The summed E-state index contributed by atoms with van der Waals surface area (Å²) in [5, 5.41) is 14.7. The van der Waals surface area contributed by atoms with E-state index < -0.39 is 0 Å². The number of anilines is 1. The van der Waals surface area contributed by atoms with Crippen LogP contribution < -0.4 is 5.32 Å². The van der Waals surface area contributed by atoms with Crippen molar-refractivity contribution in [2.45, 2.75) is 13.3 Å². The summed E-state index contributed by atoms with van der Waals surface area (Å²) >= 11 is 0. The Labute approximate surface area is 110 Å². The average Bonchev–Trinajstić information content (AvgIpc) is 2.38. The predicted molar refractivity (Wildman–Crippen MR) is 70.0 cm³/mol. The van der Waals surface area contributed by atoms with Gasteiger partial charge in [-0.25, -0.2) is 9.18 Å². The Hall–Kier alpha value is -2.11. The normalized spacial score (nSPS) is 21.5. The summed E-state index contributed by atoms with van der Waals surface area (Å²) in [6.45, 7) is 2.88. The Morgan fingerprint density at radius 1 is 1.58 bits per heavy atom. The molecule has 6 heteroatoms. The Kier molecular flexibility index (Phi) is 3.99. The lowest BCUT2D eigenvalue weighted by Crippen LogP contribution is -2.45. The number of oxime groups is 1. The predicted octanol–water partition coefficient (Wildman–Crippen LogP) is 2.53. The molecule has 102 valence electrons. The number of nitrogens with one attached hydrogen (secondary N) is 1. The largest absolute Gasteiger partial charge is 0.411 e. The van der Waals surface area contributed by atoms with Crippen LogP contribution in [0.3, 0.4) is 0 Å². The van der Waals surface area contributed by atoms with E-state index in [-0.39, 0.29) is 17.8 Å². The lowest BCUT2D eigenvalue weighted by Gasteiger charge is -2.31. The van der Waals surface area contributed by atoms with Crippen LogP contribution in [-0.4, -0.2) is 34.9 Å². The highest BCUT2D eigenvalue weighted by Gasteiger charge is 2.25. The first kappa shape index (κ1) is 13.3. The number of urea groups is 1. The van der Waals surface area contributed by atoms with Crippen LogP contribution in [0.2, 0.25) is 0 Å². The molecule has 1 aliphatic heterocycles. The molecule has 0 aromatic heterocycles. The first-order chi connectivity index (χ1) is 9.10. The zero-order valence-corrected chi connectivity index (χ0v) is 10.6. The summed E-state index contributed by atoms with van der Waals surface area (Å²) in [5.41, 5.74) is 1.13. The molecule has 2 N–H and O–H groups in total. The fraction of sp³-hybridized carbons (Fsp3) is 0.385. The lowest BCUT2D eigenvalue weighted by atomic mass is 9.98. The maximum absolute atomic E-state index is 13.0. The van der Waals surface area contributed by atoms with Gasteiger partial charge in [0.25, 0.3) is 0 Å². The van der Waals surface area contributed by atoms with E-state index in [9.17, 15) is 9.18 Å². The number of nitrogens with zero attached hydrogens (tertiary/aromatic N) is 2. The molecular formula is C13H16FN3O2. The van der Waals surface area contributed by atoms with Crippen molar-refractivity contribution in [2.75, 3.05) is 18.4 Å². The molecule has 19 heavy (non-hydrogen) atoms. The molecule has 1 aliphatic rings. The van der Waals surface area contributed by atoms with E-state index in [2.05, 4.69) is 10.5 Å². The van der Waals surface area contributed by atoms with Crippen LogP contribution in [0.15, 0.2) is 29.4 Å². The molecular weight excluding hydrogens is 249 g/mol. The van der Waals surface area contributed by atoms with Gasteiger partial charge in [0.2, 0.25) is 0 Å². The number of carbonyl (C=O) groups is 1. The lowest BCUT2D eigenvalue weighted by molar-refractivity contribution is 0.203. The molecule has 0 aliphatic carbocycles. The van der Waals surface area contributed by atoms with Gasteiger partial charge in [-0.1, -0.05) is 18.1 Å². The maximum atomic E-state index is 13.0. The molecule has 0 radical (unpaired) electrons. The van der Waals surface area contributed by atoms with Crippen LogP contribution in [0.5, 0.6) is 0 Å². The van der Waals surface area contributed by atoms with Gasteiger partial charge in [0.15, 0.2) is 0 Å². The van der Waals surface area contributed by atoms with Crippen molar-refractivity contribution < 1.29 is 14.4 Å². The van der Waals surface area contributed by atoms with Crippen molar-refractivity contribution in [1.82, 2.24) is 4.90 Å². The molecule has 5 nitrogen and oxygen atoms in total. The van der Waals surface area contributed by atoms with Crippen LogP contribution in [0, 0.1) is 11.7 Å².